The van der Waals surface area contributed by atoms with Crippen LogP contribution >= 0.6 is 12.6 Å². The van der Waals surface area contributed by atoms with Crippen molar-refractivity contribution < 1.29 is 14.3 Å². The zero-order valence-electron chi connectivity index (χ0n) is 10.1. The van der Waals surface area contributed by atoms with Crippen LogP contribution in [0.2, 0.25) is 0 Å². The van der Waals surface area contributed by atoms with Gasteiger partial charge in [-0.1, -0.05) is 13.8 Å². The largest absolute Gasteiger partial charge is 0.436 e. The number of carbonyl (C=O) groups excluding carboxylic acids is 1. The van der Waals surface area contributed by atoms with E-state index >= 15 is 0 Å². The molecule has 0 N–H and O–H groups in total. The Balaban J connectivity index is 2.35. The quantitative estimate of drug-likeness (QED) is 0.598. The Hall–Kier alpha value is -0.220. The second-order valence-corrected chi connectivity index (χ2v) is 5.11. The highest BCUT2D eigenvalue weighted by molar-refractivity contribution is 7.80. The van der Waals surface area contributed by atoms with Gasteiger partial charge >= 0.3 is 5.97 Å². The molecule has 0 amide bonds. The molecule has 0 aliphatic carbocycles. The molecule has 1 aliphatic heterocycles. The van der Waals surface area contributed by atoms with E-state index in [4.69, 9.17) is 9.47 Å². The van der Waals surface area contributed by atoms with Crippen molar-refractivity contribution in [3.63, 3.8) is 0 Å². The van der Waals surface area contributed by atoms with Gasteiger partial charge in [-0.2, -0.15) is 12.6 Å². The molecule has 1 rings (SSSR count). The number of thiol groups is 1. The van der Waals surface area contributed by atoms with Crippen LogP contribution in [0.3, 0.4) is 0 Å². The van der Waals surface area contributed by atoms with Gasteiger partial charge in [-0.15, -0.1) is 0 Å². The molecule has 0 radical (unpaired) electrons. The van der Waals surface area contributed by atoms with Crippen molar-refractivity contribution in [1.82, 2.24) is 0 Å². The van der Waals surface area contributed by atoms with E-state index < -0.39 is 0 Å². The standard InChI is InChI=1S/C12H22O3S/c1-9(2)7-10(8-16)12(13)15-11-5-3-4-6-14-11/h9-11,16H,3-8H2,1-2H3. The monoisotopic (exact) mass is 246 g/mol. The number of carbonyl (C=O) groups is 1. The van der Waals surface area contributed by atoms with Gasteiger partial charge < -0.3 is 9.47 Å². The Labute approximate surface area is 103 Å². The third-order valence-electron chi connectivity index (χ3n) is 2.70. The molecule has 2 unspecified atom stereocenters. The smallest absolute Gasteiger partial charge is 0.312 e. The Morgan fingerprint density at radius 1 is 1.50 bits per heavy atom. The lowest BCUT2D eigenvalue weighted by Crippen LogP contribution is -2.30. The van der Waals surface area contributed by atoms with Crippen LogP contribution in [-0.4, -0.2) is 24.6 Å². The zero-order valence-corrected chi connectivity index (χ0v) is 11.0. The summed E-state index contributed by atoms with van der Waals surface area (Å²) in [7, 11) is 0. The molecule has 0 bridgehead atoms. The minimum Gasteiger partial charge on any atom is -0.436 e. The molecule has 0 aromatic heterocycles. The third kappa shape index (κ3) is 4.74. The maximum Gasteiger partial charge on any atom is 0.312 e. The first-order valence-electron chi connectivity index (χ1n) is 6.06. The predicted molar refractivity (Wildman–Crippen MR) is 66.5 cm³/mol. The van der Waals surface area contributed by atoms with E-state index in [1.165, 1.54) is 0 Å². The van der Waals surface area contributed by atoms with E-state index in [0.29, 0.717) is 18.3 Å². The number of hydrogen-bond donors (Lipinski definition) is 1. The minimum absolute atomic E-state index is 0.103. The molecule has 0 aromatic rings. The number of ether oxygens (including phenoxy) is 2. The molecule has 1 heterocycles. The summed E-state index contributed by atoms with van der Waals surface area (Å²) < 4.78 is 10.7. The molecule has 1 saturated heterocycles. The van der Waals surface area contributed by atoms with Crippen molar-refractivity contribution in [3.05, 3.63) is 0 Å². The molecule has 94 valence electrons. The van der Waals surface area contributed by atoms with E-state index in [0.717, 1.165) is 25.7 Å². The Morgan fingerprint density at radius 3 is 2.75 bits per heavy atom. The molecule has 4 heteroatoms. The van der Waals surface area contributed by atoms with E-state index in [9.17, 15) is 4.79 Å². The number of esters is 1. The highest BCUT2D eigenvalue weighted by atomic mass is 32.1. The van der Waals surface area contributed by atoms with Gasteiger partial charge in [0, 0.05) is 12.2 Å². The molecule has 0 aromatic carbocycles. The second-order valence-electron chi connectivity index (χ2n) is 4.74. The predicted octanol–water partition coefficient (Wildman–Crippen LogP) is 2.65. The summed E-state index contributed by atoms with van der Waals surface area (Å²) >= 11 is 4.21. The molecule has 1 aliphatic rings. The minimum atomic E-state index is -0.323. The van der Waals surface area contributed by atoms with Gasteiger partial charge in [-0.05, 0) is 25.2 Å². The summed E-state index contributed by atoms with van der Waals surface area (Å²) in [4.78, 5) is 11.8. The van der Waals surface area contributed by atoms with Gasteiger partial charge in [-0.25, -0.2) is 0 Å². The lowest BCUT2D eigenvalue weighted by molar-refractivity contribution is -0.190. The number of hydrogen-bond acceptors (Lipinski definition) is 4. The Morgan fingerprint density at radius 2 is 2.25 bits per heavy atom. The second kappa shape index (κ2) is 7.17. The van der Waals surface area contributed by atoms with Crippen LogP contribution < -0.4 is 0 Å². The van der Waals surface area contributed by atoms with Crippen LogP contribution in [0.15, 0.2) is 0 Å². The van der Waals surface area contributed by atoms with Crippen molar-refractivity contribution in [3.8, 4) is 0 Å². The highest BCUT2D eigenvalue weighted by Gasteiger charge is 2.24. The van der Waals surface area contributed by atoms with Crippen LogP contribution in [0.4, 0.5) is 0 Å². The molecule has 1 fully saturated rings. The summed E-state index contributed by atoms with van der Waals surface area (Å²) in [6.07, 6.45) is 3.47. The van der Waals surface area contributed by atoms with Crippen molar-refractivity contribution in [2.45, 2.75) is 45.8 Å². The van der Waals surface area contributed by atoms with Gasteiger partial charge in [0.25, 0.3) is 0 Å². The average Bonchev–Trinajstić information content (AvgIpc) is 2.26. The van der Waals surface area contributed by atoms with Crippen molar-refractivity contribution in [2.24, 2.45) is 11.8 Å². The van der Waals surface area contributed by atoms with Gasteiger partial charge in [0.2, 0.25) is 6.29 Å². The summed E-state index contributed by atoms with van der Waals surface area (Å²) in [6, 6.07) is 0. The highest BCUT2D eigenvalue weighted by Crippen LogP contribution is 2.19. The van der Waals surface area contributed by atoms with Crippen molar-refractivity contribution >= 4 is 18.6 Å². The van der Waals surface area contributed by atoms with Crippen LogP contribution in [-0.2, 0) is 14.3 Å². The van der Waals surface area contributed by atoms with Gasteiger partial charge in [0.05, 0.1) is 12.5 Å². The van der Waals surface area contributed by atoms with Gasteiger partial charge in [0.1, 0.15) is 0 Å². The lowest BCUT2D eigenvalue weighted by atomic mass is 9.99. The first-order valence-corrected chi connectivity index (χ1v) is 6.69. The first kappa shape index (κ1) is 13.8. The normalized spacial score (nSPS) is 23.1. The molecule has 3 nitrogen and oxygen atoms in total. The topological polar surface area (TPSA) is 35.5 Å². The SMILES string of the molecule is CC(C)CC(CS)C(=O)OC1CCCCO1. The fraction of sp³-hybridized carbons (Fsp3) is 0.917. The van der Waals surface area contributed by atoms with Gasteiger partial charge in [-0.3, -0.25) is 4.79 Å². The van der Waals surface area contributed by atoms with Crippen LogP contribution in [0, 0.1) is 11.8 Å². The molecule has 2 atom stereocenters. The molecule has 0 saturated carbocycles. The Kier molecular flexibility index (Phi) is 6.21. The third-order valence-corrected chi connectivity index (χ3v) is 3.14. The van der Waals surface area contributed by atoms with E-state index in [-0.39, 0.29) is 18.2 Å². The fourth-order valence-electron chi connectivity index (χ4n) is 1.84. The van der Waals surface area contributed by atoms with Crippen LogP contribution in [0.5, 0.6) is 0 Å². The zero-order chi connectivity index (χ0) is 12.0. The summed E-state index contributed by atoms with van der Waals surface area (Å²) in [5.74, 6) is 0.769. The van der Waals surface area contributed by atoms with E-state index in [1.807, 2.05) is 0 Å². The summed E-state index contributed by atoms with van der Waals surface area (Å²) in [6.45, 7) is 4.90. The van der Waals surface area contributed by atoms with Crippen molar-refractivity contribution in [2.75, 3.05) is 12.4 Å². The molecular weight excluding hydrogens is 224 g/mol. The molecule has 0 spiro atoms. The van der Waals surface area contributed by atoms with Gasteiger partial charge in [0.15, 0.2) is 0 Å². The summed E-state index contributed by atoms with van der Waals surface area (Å²) in [5.41, 5.74) is 0. The summed E-state index contributed by atoms with van der Waals surface area (Å²) in [5, 5.41) is 0. The average molecular weight is 246 g/mol. The van der Waals surface area contributed by atoms with Crippen LogP contribution in [0.25, 0.3) is 0 Å². The molecule has 16 heavy (non-hydrogen) atoms. The first-order chi connectivity index (χ1) is 7.63. The molecular formula is C12H22O3S. The maximum atomic E-state index is 11.8. The fourth-order valence-corrected chi connectivity index (χ4v) is 2.14. The van der Waals surface area contributed by atoms with Crippen molar-refractivity contribution in [1.29, 1.82) is 0 Å². The lowest BCUT2D eigenvalue weighted by Gasteiger charge is -2.24. The number of rotatable bonds is 5. The maximum absolute atomic E-state index is 11.8. The van der Waals surface area contributed by atoms with E-state index in [2.05, 4.69) is 26.5 Å². The van der Waals surface area contributed by atoms with Crippen LogP contribution in [0.1, 0.15) is 39.5 Å². The Bertz CT molecular complexity index is 212. The van der Waals surface area contributed by atoms with E-state index in [1.54, 1.807) is 0 Å².